The maximum Gasteiger partial charge on any atom is 0.124 e. The molecule has 102 valence electrons. The number of benzene rings is 1. The third kappa shape index (κ3) is 3.70. The Bertz CT molecular complexity index is 526. The summed E-state index contributed by atoms with van der Waals surface area (Å²) in [4.78, 5) is 0. The first-order valence-corrected chi connectivity index (χ1v) is 8.35. The molecule has 0 saturated carbocycles. The Balaban J connectivity index is 2.32. The molecule has 1 unspecified atom stereocenters. The van der Waals surface area contributed by atoms with E-state index in [1.807, 2.05) is 19.2 Å². The highest BCUT2D eigenvalue weighted by Crippen LogP contribution is 2.32. The number of rotatable bonds is 6. The molecule has 2 aromatic rings. The van der Waals surface area contributed by atoms with E-state index in [1.54, 1.807) is 11.3 Å². The lowest BCUT2D eigenvalue weighted by molar-refractivity contribution is 0.312. The number of para-hydroxylation sites is 1. The summed E-state index contributed by atoms with van der Waals surface area (Å²) in [5.74, 6) is 0.977. The van der Waals surface area contributed by atoms with Crippen molar-refractivity contribution in [2.75, 3.05) is 13.7 Å². The Morgan fingerprint density at radius 1 is 1.37 bits per heavy atom. The minimum absolute atomic E-state index is 0.188. The van der Waals surface area contributed by atoms with E-state index < -0.39 is 0 Å². The van der Waals surface area contributed by atoms with Gasteiger partial charge in [0.15, 0.2) is 0 Å². The normalized spacial score (nSPS) is 12.4. The van der Waals surface area contributed by atoms with Crippen molar-refractivity contribution in [3.05, 3.63) is 49.7 Å². The molecule has 2 nitrogen and oxygen atoms in total. The van der Waals surface area contributed by atoms with E-state index in [0.29, 0.717) is 0 Å². The molecule has 0 bridgehead atoms. The summed E-state index contributed by atoms with van der Waals surface area (Å²) >= 11 is 4.13. The fourth-order valence-corrected chi connectivity index (χ4v) is 3.44. The zero-order valence-electron chi connectivity index (χ0n) is 11.2. The lowest BCUT2D eigenvalue weighted by atomic mass is 10.0. The number of hydrogen-bond acceptors (Lipinski definition) is 3. The van der Waals surface area contributed by atoms with E-state index in [0.717, 1.165) is 18.8 Å². The highest BCUT2D eigenvalue weighted by molar-refractivity contribution is 14.1. The summed E-state index contributed by atoms with van der Waals surface area (Å²) in [6.07, 6.45) is 1.02. The molecule has 0 aliphatic rings. The fourth-order valence-electron chi connectivity index (χ4n) is 2.04. The van der Waals surface area contributed by atoms with Crippen LogP contribution in [0.15, 0.2) is 35.7 Å². The van der Waals surface area contributed by atoms with Gasteiger partial charge in [0.1, 0.15) is 5.75 Å². The van der Waals surface area contributed by atoms with Gasteiger partial charge in [0.25, 0.3) is 0 Å². The quantitative estimate of drug-likeness (QED) is 0.740. The van der Waals surface area contributed by atoms with Gasteiger partial charge >= 0.3 is 0 Å². The summed E-state index contributed by atoms with van der Waals surface area (Å²) in [6, 6.07) is 10.7. The molecule has 4 heteroatoms. The van der Waals surface area contributed by atoms with Crippen molar-refractivity contribution in [2.45, 2.75) is 19.4 Å². The largest absolute Gasteiger partial charge is 0.493 e. The average Bonchev–Trinajstić information content (AvgIpc) is 2.85. The molecule has 0 radical (unpaired) electrons. The van der Waals surface area contributed by atoms with Crippen LogP contribution in [-0.2, 0) is 0 Å². The van der Waals surface area contributed by atoms with Gasteiger partial charge in [-0.25, -0.2) is 0 Å². The smallest absolute Gasteiger partial charge is 0.124 e. The number of halogens is 1. The van der Waals surface area contributed by atoms with Crippen LogP contribution in [0.25, 0.3) is 0 Å². The monoisotopic (exact) mass is 387 g/mol. The van der Waals surface area contributed by atoms with Gasteiger partial charge in [-0.3, -0.25) is 0 Å². The van der Waals surface area contributed by atoms with Crippen molar-refractivity contribution in [3.8, 4) is 5.75 Å². The second kappa shape index (κ2) is 7.26. The molecule has 2 rings (SSSR count). The molecule has 0 amide bonds. The lowest BCUT2D eigenvalue weighted by Gasteiger charge is -2.19. The van der Waals surface area contributed by atoms with Gasteiger partial charge in [0.05, 0.1) is 15.5 Å². The van der Waals surface area contributed by atoms with E-state index in [9.17, 15) is 0 Å². The van der Waals surface area contributed by atoms with Crippen LogP contribution in [0.2, 0.25) is 0 Å². The first-order valence-electron chi connectivity index (χ1n) is 6.39. The first kappa shape index (κ1) is 14.8. The average molecular weight is 387 g/mol. The molecule has 1 atom stereocenters. The Kier molecular flexibility index (Phi) is 5.66. The van der Waals surface area contributed by atoms with Gasteiger partial charge in [0.2, 0.25) is 0 Å². The SMILES string of the molecule is CCCOc1ccccc1C(NC)c1csc(I)c1. The highest BCUT2D eigenvalue weighted by atomic mass is 127. The fraction of sp³-hybridized carbons (Fsp3) is 0.333. The van der Waals surface area contributed by atoms with Crippen LogP contribution in [-0.4, -0.2) is 13.7 Å². The van der Waals surface area contributed by atoms with Crippen LogP contribution in [0.1, 0.15) is 30.5 Å². The molecule has 0 spiro atoms. The second-order valence-electron chi connectivity index (χ2n) is 4.29. The summed E-state index contributed by atoms with van der Waals surface area (Å²) in [6.45, 7) is 2.88. The molecule has 0 aliphatic heterocycles. The van der Waals surface area contributed by atoms with Crippen LogP contribution in [0.4, 0.5) is 0 Å². The zero-order chi connectivity index (χ0) is 13.7. The van der Waals surface area contributed by atoms with Gasteiger partial charge in [-0.15, -0.1) is 11.3 Å². The van der Waals surface area contributed by atoms with Crippen molar-refractivity contribution in [3.63, 3.8) is 0 Å². The predicted octanol–water partition coefficient (Wildman–Crippen LogP) is 4.45. The molecule has 0 fully saturated rings. The van der Waals surface area contributed by atoms with Crippen molar-refractivity contribution in [2.24, 2.45) is 0 Å². The topological polar surface area (TPSA) is 21.3 Å². The zero-order valence-corrected chi connectivity index (χ0v) is 14.1. The van der Waals surface area contributed by atoms with E-state index in [-0.39, 0.29) is 6.04 Å². The van der Waals surface area contributed by atoms with E-state index in [1.165, 1.54) is 14.0 Å². The van der Waals surface area contributed by atoms with Crippen LogP contribution in [0.3, 0.4) is 0 Å². The molecule has 19 heavy (non-hydrogen) atoms. The van der Waals surface area contributed by atoms with Crippen LogP contribution >= 0.6 is 33.9 Å². The predicted molar refractivity (Wildman–Crippen MR) is 90.2 cm³/mol. The van der Waals surface area contributed by atoms with Crippen LogP contribution in [0.5, 0.6) is 5.75 Å². The van der Waals surface area contributed by atoms with Crippen molar-refractivity contribution >= 4 is 33.9 Å². The van der Waals surface area contributed by atoms with Gasteiger partial charge in [0, 0.05) is 5.56 Å². The Hall–Kier alpha value is -0.590. The van der Waals surface area contributed by atoms with Crippen molar-refractivity contribution in [1.82, 2.24) is 5.32 Å². The van der Waals surface area contributed by atoms with Gasteiger partial charge < -0.3 is 10.1 Å². The lowest BCUT2D eigenvalue weighted by Crippen LogP contribution is -2.18. The minimum atomic E-state index is 0.188. The molecule has 1 aromatic carbocycles. The third-order valence-electron chi connectivity index (χ3n) is 2.90. The van der Waals surface area contributed by atoms with E-state index in [2.05, 4.69) is 58.4 Å². The Morgan fingerprint density at radius 3 is 2.79 bits per heavy atom. The maximum atomic E-state index is 5.86. The van der Waals surface area contributed by atoms with E-state index >= 15 is 0 Å². The van der Waals surface area contributed by atoms with Crippen molar-refractivity contribution in [1.29, 1.82) is 0 Å². The molecular weight excluding hydrogens is 369 g/mol. The molecular formula is C15H18INOS. The maximum absolute atomic E-state index is 5.86. The number of thiophene rings is 1. The minimum Gasteiger partial charge on any atom is -0.493 e. The number of nitrogens with one attached hydrogen (secondary N) is 1. The van der Waals surface area contributed by atoms with Gasteiger partial charge in [-0.05, 0) is 59.1 Å². The summed E-state index contributed by atoms with van der Waals surface area (Å²) in [7, 11) is 1.99. The summed E-state index contributed by atoms with van der Waals surface area (Å²) in [5, 5.41) is 5.60. The van der Waals surface area contributed by atoms with Gasteiger partial charge in [-0.1, -0.05) is 25.1 Å². The molecule has 1 heterocycles. The Morgan fingerprint density at radius 2 is 2.16 bits per heavy atom. The van der Waals surface area contributed by atoms with Crippen LogP contribution in [0, 0.1) is 2.88 Å². The summed E-state index contributed by atoms with van der Waals surface area (Å²) < 4.78 is 7.16. The Labute approximate surface area is 132 Å². The van der Waals surface area contributed by atoms with Crippen LogP contribution < -0.4 is 10.1 Å². The number of ether oxygens (including phenoxy) is 1. The molecule has 1 N–H and O–H groups in total. The third-order valence-corrected chi connectivity index (χ3v) is 4.71. The number of hydrogen-bond donors (Lipinski definition) is 1. The van der Waals surface area contributed by atoms with Gasteiger partial charge in [-0.2, -0.15) is 0 Å². The summed E-state index contributed by atoms with van der Waals surface area (Å²) in [5.41, 5.74) is 2.50. The molecule has 0 saturated heterocycles. The first-order chi connectivity index (χ1) is 9.26. The van der Waals surface area contributed by atoms with Crippen molar-refractivity contribution < 1.29 is 4.74 Å². The second-order valence-corrected chi connectivity index (χ2v) is 7.10. The molecule has 1 aromatic heterocycles. The standard InChI is InChI=1S/C15H18INOS/c1-3-8-18-13-7-5-4-6-12(13)15(17-2)11-9-14(16)19-10-11/h4-7,9-10,15,17H,3,8H2,1-2H3. The molecule has 0 aliphatic carbocycles. The highest BCUT2D eigenvalue weighted by Gasteiger charge is 2.17. The van der Waals surface area contributed by atoms with E-state index in [4.69, 9.17) is 4.74 Å².